The van der Waals surface area contributed by atoms with Crippen molar-refractivity contribution >= 4 is 11.8 Å². The predicted molar refractivity (Wildman–Crippen MR) is 88.2 cm³/mol. The molecule has 0 aliphatic heterocycles. The van der Waals surface area contributed by atoms with Crippen molar-refractivity contribution in [2.24, 2.45) is 0 Å². The van der Waals surface area contributed by atoms with Crippen LogP contribution < -0.4 is 10.6 Å². The summed E-state index contributed by atoms with van der Waals surface area (Å²) in [5.74, 6) is -0.830. The van der Waals surface area contributed by atoms with Gasteiger partial charge in [-0.15, -0.1) is 0 Å². The van der Waals surface area contributed by atoms with E-state index >= 15 is 0 Å². The molecule has 0 bridgehead atoms. The van der Waals surface area contributed by atoms with Gasteiger partial charge in [0.1, 0.15) is 0 Å². The lowest BCUT2D eigenvalue weighted by Crippen LogP contribution is -2.37. The Hall–Kier alpha value is -2.90. The summed E-state index contributed by atoms with van der Waals surface area (Å²) in [5, 5.41) is 5.20. The molecule has 0 unspecified atom stereocenters. The summed E-state index contributed by atoms with van der Waals surface area (Å²) in [6, 6.07) is 8.06. The summed E-state index contributed by atoms with van der Waals surface area (Å²) in [6.45, 7) is -0.184. The highest BCUT2D eigenvalue weighted by atomic mass is 19.4. The number of alkyl halides is 3. The van der Waals surface area contributed by atoms with Crippen LogP contribution in [0.1, 0.15) is 28.8 Å². The zero-order valence-electron chi connectivity index (χ0n) is 13.6. The Morgan fingerprint density at radius 3 is 2.62 bits per heavy atom. The zero-order chi connectivity index (χ0) is 18.7. The van der Waals surface area contributed by atoms with Gasteiger partial charge in [0.15, 0.2) is 0 Å². The molecule has 2 amide bonds. The summed E-state index contributed by atoms with van der Waals surface area (Å²) >= 11 is 0. The standard InChI is InChI=1S/C18H16F3N3O2/c19-18(20,21)14-5-2-8-22-16(14)11-3-1-4-12(9-11)17(26)23-10-15(25)24-13-6-7-13/h1-5,8-9,13H,6-7,10H2,(H,23,26)(H,24,25). The smallest absolute Gasteiger partial charge is 0.352 e. The molecule has 26 heavy (non-hydrogen) atoms. The van der Waals surface area contributed by atoms with Gasteiger partial charge in [0.05, 0.1) is 17.8 Å². The third-order valence-corrected chi connectivity index (χ3v) is 3.86. The molecule has 1 heterocycles. The first-order valence-corrected chi connectivity index (χ1v) is 8.05. The molecular weight excluding hydrogens is 347 g/mol. The molecule has 5 nitrogen and oxygen atoms in total. The Morgan fingerprint density at radius 2 is 1.92 bits per heavy atom. The number of amides is 2. The summed E-state index contributed by atoms with van der Waals surface area (Å²) in [6.07, 6.45) is -1.41. The van der Waals surface area contributed by atoms with Crippen molar-refractivity contribution in [3.63, 3.8) is 0 Å². The number of hydrogen-bond donors (Lipinski definition) is 2. The molecule has 1 aliphatic carbocycles. The van der Waals surface area contributed by atoms with Gasteiger partial charge < -0.3 is 10.6 Å². The SMILES string of the molecule is O=C(CNC(=O)c1cccc(-c2ncccc2C(F)(F)F)c1)NC1CC1. The number of pyridine rings is 1. The Balaban J connectivity index is 1.76. The molecule has 1 fully saturated rings. The van der Waals surface area contributed by atoms with Crippen LogP contribution in [0.3, 0.4) is 0 Å². The Kier molecular flexibility index (Phi) is 4.92. The average Bonchev–Trinajstić information content (AvgIpc) is 3.43. The van der Waals surface area contributed by atoms with Crippen LogP contribution in [0.2, 0.25) is 0 Å². The number of halogens is 3. The normalized spacial score (nSPS) is 14.0. The van der Waals surface area contributed by atoms with Gasteiger partial charge >= 0.3 is 6.18 Å². The van der Waals surface area contributed by atoms with Crippen molar-refractivity contribution in [2.75, 3.05) is 6.54 Å². The quantitative estimate of drug-likeness (QED) is 0.858. The first kappa shape index (κ1) is 17.9. The van der Waals surface area contributed by atoms with Crippen LogP contribution in [0.25, 0.3) is 11.3 Å². The summed E-state index contributed by atoms with van der Waals surface area (Å²) in [5.41, 5.74) is -0.795. The van der Waals surface area contributed by atoms with Crippen molar-refractivity contribution in [1.82, 2.24) is 15.6 Å². The maximum Gasteiger partial charge on any atom is 0.418 e. The van der Waals surface area contributed by atoms with Gasteiger partial charge in [0.2, 0.25) is 5.91 Å². The maximum atomic E-state index is 13.1. The van der Waals surface area contributed by atoms with E-state index in [9.17, 15) is 22.8 Å². The average molecular weight is 363 g/mol. The van der Waals surface area contributed by atoms with Gasteiger partial charge in [-0.3, -0.25) is 14.6 Å². The number of benzene rings is 1. The van der Waals surface area contributed by atoms with Crippen LogP contribution >= 0.6 is 0 Å². The molecule has 0 atom stereocenters. The van der Waals surface area contributed by atoms with Crippen molar-refractivity contribution < 1.29 is 22.8 Å². The Labute approximate surface area is 147 Å². The molecule has 1 saturated carbocycles. The third-order valence-electron chi connectivity index (χ3n) is 3.86. The molecule has 0 spiro atoms. The first-order valence-electron chi connectivity index (χ1n) is 8.05. The van der Waals surface area contributed by atoms with Gasteiger partial charge in [0, 0.05) is 23.4 Å². The van der Waals surface area contributed by atoms with Crippen LogP contribution in [-0.4, -0.2) is 29.4 Å². The second-order valence-corrected chi connectivity index (χ2v) is 6.00. The van der Waals surface area contributed by atoms with Crippen LogP contribution in [-0.2, 0) is 11.0 Å². The first-order chi connectivity index (χ1) is 12.3. The van der Waals surface area contributed by atoms with Crippen molar-refractivity contribution in [1.29, 1.82) is 0 Å². The zero-order valence-corrected chi connectivity index (χ0v) is 13.6. The van der Waals surface area contributed by atoms with E-state index in [2.05, 4.69) is 15.6 Å². The Bertz CT molecular complexity index is 832. The van der Waals surface area contributed by atoms with Crippen LogP contribution in [0.4, 0.5) is 13.2 Å². The van der Waals surface area contributed by atoms with Crippen LogP contribution in [0.15, 0.2) is 42.6 Å². The maximum absolute atomic E-state index is 13.1. The molecule has 1 aromatic carbocycles. The van der Waals surface area contributed by atoms with Crippen molar-refractivity contribution in [3.8, 4) is 11.3 Å². The topological polar surface area (TPSA) is 71.1 Å². The fourth-order valence-corrected chi connectivity index (χ4v) is 2.44. The number of nitrogens with zero attached hydrogens (tertiary/aromatic N) is 1. The summed E-state index contributed by atoms with van der Waals surface area (Å²) < 4.78 is 39.4. The number of nitrogens with one attached hydrogen (secondary N) is 2. The molecule has 136 valence electrons. The highest BCUT2D eigenvalue weighted by molar-refractivity contribution is 5.97. The van der Waals surface area contributed by atoms with Crippen molar-refractivity contribution in [2.45, 2.75) is 25.1 Å². The second kappa shape index (κ2) is 7.15. The van der Waals surface area contributed by atoms with E-state index in [-0.39, 0.29) is 35.3 Å². The van der Waals surface area contributed by atoms with Crippen LogP contribution in [0.5, 0.6) is 0 Å². The highest BCUT2D eigenvalue weighted by Gasteiger charge is 2.34. The highest BCUT2D eigenvalue weighted by Crippen LogP contribution is 2.35. The number of hydrogen-bond acceptors (Lipinski definition) is 3. The molecule has 1 aromatic heterocycles. The molecule has 2 aromatic rings. The monoisotopic (exact) mass is 363 g/mol. The van der Waals surface area contributed by atoms with E-state index in [4.69, 9.17) is 0 Å². The van der Waals surface area contributed by atoms with Gasteiger partial charge in [-0.2, -0.15) is 13.2 Å². The van der Waals surface area contributed by atoms with Gasteiger partial charge in [0.25, 0.3) is 5.91 Å². The van der Waals surface area contributed by atoms with E-state index in [0.29, 0.717) is 0 Å². The minimum Gasteiger partial charge on any atom is -0.352 e. The third kappa shape index (κ3) is 4.38. The number of carbonyl (C=O) groups is 2. The van der Waals surface area contributed by atoms with E-state index in [0.717, 1.165) is 18.9 Å². The van der Waals surface area contributed by atoms with E-state index in [1.54, 1.807) is 0 Å². The predicted octanol–water partition coefficient (Wildman–Crippen LogP) is 2.78. The van der Waals surface area contributed by atoms with E-state index in [1.807, 2.05) is 0 Å². The lowest BCUT2D eigenvalue weighted by molar-refractivity contribution is -0.137. The minimum atomic E-state index is -4.55. The summed E-state index contributed by atoms with van der Waals surface area (Å²) in [4.78, 5) is 27.6. The van der Waals surface area contributed by atoms with Gasteiger partial charge in [-0.05, 0) is 37.1 Å². The molecule has 3 rings (SSSR count). The number of rotatable bonds is 5. The van der Waals surface area contributed by atoms with Crippen LogP contribution in [0, 0.1) is 0 Å². The minimum absolute atomic E-state index is 0.153. The molecule has 8 heteroatoms. The lowest BCUT2D eigenvalue weighted by atomic mass is 10.0. The second-order valence-electron chi connectivity index (χ2n) is 6.00. The van der Waals surface area contributed by atoms with Crippen molar-refractivity contribution in [3.05, 3.63) is 53.7 Å². The van der Waals surface area contributed by atoms with E-state index < -0.39 is 17.6 Å². The Morgan fingerprint density at radius 1 is 1.15 bits per heavy atom. The lowest BCUT2D eigenvalue weighted by Gasteiger charge is -2.12. The molecule has 0 radical (unpaired) electrons. The summed E-state index contributed by atoms with van der Waals surface area (Å²) in [7, 11) is 0. The van der Waals surface area contributed by atoms with Gasteiger partial charge in [-0.25, -0.2) is 0 Å². The molecule has 1 aliphatic rings. The molecule has 2 N–H and O–H groups in total. The van der Waals surface area contributed by atoms with Gasteiger partial charge in [-0.1, -0.05) is 12.1 Å². The fraction of sp³-hybridized carbons (Fsp3) is 0.278. The number of aromatic nitrogens is 1. The largest absolute Gasteiger partial charge is 0.418 e. The molecular formula is C18H16F3N3O2. The number of carbonyl (C=O) groups excluding carboxylic acids is 2. The van der Waals surface area contributed by atoms with E-state index in [1.165, 1.54) is 36.5 Å². The fourth-order valence-electron chi connectivity index (χ4n) is 2.44. The molecule has 0 saturated heterocycles.